The lowest BCUT2D eigenvalue weighted by Crippen LogP contribution is -2.40. The maximum Gasteiger partial charge on any atom is 0.185 e. The molecule has 0 saturated carbocycles. The lowest BCUT2D eigenvalue weighted by Gasteiger charge is -2.30. The standard InChI is InChI=1S/C11H20BrClN4OSi/c1-19(2,3)5-4-18-7-8-6-17(12)11-9(14-8)10(13)15-16-11/h8,14H,4-7H2,1-3H3,(H,15,16). The second-order valence-electron chi connectivity index (χ2n) is 6.01. The first-order valence-corrected chi connectivity index (χ1v) is 11.2. The van der Waals surface area contributed by atoms with Gasteiger partial charge in [0.1, 0.15) is 10.8 Å². The van der Waals surface area contributed by atoms with Crippen molar-refractivity contribution in [3.05, 3.63) is 5.15 Å². The Labute approximate surface area is 128 Å². The first-order chi connectivity index (χ1) is 8.87. The number of H-pyrrole nitrogens is 1. The molecule has 0 amide bonds. The Morgan fingerprint density at radius 1 is 1.53 bits per heavy atom. The molecule has 0 radical (unpaired) electrons. The Hall–Kier alpha value is -0.243. The van der Waals surface area contributed by atoms with Gasteiger partial charge in [-0.25, -0.2) is 0 Å². The highest BCUT2D eigenvalue weighted by Gasteiger charge is 2.27. The van der Waals surface area contributed by atoms with E-state index in [9.17, 15) is 0 Å². The third-order valence-corrected chi connectivity index (χ3v) is 5.58. The molecule has 1 aromatic heterocycles. The van der Waals surface area contributed by atoms with E-state index in [1.807, 2.05) is 3.93 Å². The summed E-state index contributed by atoms with van der Waals surface area (Å²) in [6.45, 7) is 9.36. The molecule has 2 N–H and O–H groups in total. The molecule has 0 fully saturated rings. The number of aromatic amines is 1. The van der Waals surface area contributed by atoms with Gasteiger partial charge in [0, 0.05) is 14.7 Å². The van der Waals surface area contributed by atoms with E-state index in [-0.39, 0.29) is 6.04 Å². The molecule has 1 aliphatic heterocycles. The van der Waals surface area contributed by atoms with E-state index in [1.54, 1.807) is 0 Å². The minimum Gasteiger partial charge on any atom is -0.380 e. The van der Waals surface area contributed by atoms with E-state index >= 15 is 0 Å². The fourth-order valence-electron chi connectivity index (χ4n) is 1.84. The minimum absolute atomic E-state index is 0.212. The molecule has 19 heavy (non-hydrogen) atoms. The van der Waals surface area contributed by atoms with Crippen LogP contribution in [-0.4, -0.2) is 44.1 Å². The summed E-state index contributed by atoms with van der Waals surface area (Å²) in [6.07, 6.45) is 0. The number of nitrogens with one attached hydrogen (secondary N) is 2. The first-order valence-electron chi connectivity index (χ1n) is 6.38. The van der Waals surface area contributed by atoms with Gasteiger partial charge in [-0.15, -0.1) is 0 Å². The first kappa shape index (κ1) is 15.2. The molecule has 108 valence electrons. The van der Waals surface area contributed by atoms with Crippen molar-refractivity contribution in [1.29, 1.82) is 0 Å². The van der Waals surface area contributed by atoms with Gasteiger partial charge in [-0.1, -0.05) is 31.2 Å². The molecule has 0 aliphatic carbocycles. The summed E-state index contributed by atoms with van der Waals surface area (Å²) in [7, 11) is -1.01. The fraction of sp³-hybridized carbons (Fsp3) is 0.727. The van der Waals surface area contributed by atoms with Crippen LogP contribution in [0.2, 0.25) is 30.8 Å². The van der Waals surface area contributed by atoms with Crippen LogP contribution in [-0.2, 0) is 4.74 Å². The molecule has 0 aromatic carbocycles. The highest BCUT2D eigenvalue weighted by Crippen LogP contribution is 2.35. The van der Waals surface area contributed by atoms with Crippen LogP contribution in [0.4, 0.5) is 11.5 Å². The monoisotopic (exact) mass is 366 g/mol. The quantitative estimate of drug-likeness (QED) is 0.476. The van der Waals surface area contributed by atoms with E-state index in [1.165, 1.54) is 6.04 Å². The van der Waals surface area contributed by atoms with E-state index in [2.05, 4.69) is 51.3 Å². The predicted molar refractivity (Wildman–Crippen MR) is 86.3 cm³/mol. The third-order valence-electron chi connectivity index (χ3n) is 2.98. The van der Waals surface area contributed by atoms with Crippen LogP contribution in [0.25, 0.3) is 0 Å². The van der Waals surface area contributed by atoms with Crippen LogP contribution in [0.1, 0.15) is 0 Å². The summed E-state index contributed by atoms with van der Waals surface area (Å²) < 4.78 is 7.69. The summed E-state index contributed by atoms with van der Waals surface area (Å²) in [5.41, 5.74) is 0.837. The maximum atomic E-state index is 6.05. The van der Waals surface area contributed by atoms with Crippen LogP contribution >= 0.6 is 27.7 Å². The number of aromatic nitrogens is 2. The van der Waals surface area contributed by atoms with Gasteiger partial charge in [0.2, 0.25) is 0 Å². The number of fused-ring (bicyclic) bond motifs is 1. The number of nitrogens with zero attached hydrogens (tertiary/aromatic N) is 2. The van der Waals surface area contributed by atoms with Gasteiger partial charge in [-0.2, -0.15) is 5.10 Å². The summed E-state index contributed by atoms with van der Waals surface area (Å²) in [5.74, 6) is 0.795. The molecule has 5 nitrogen and oxygen atoms in total. The number of hydrogen-bond donors (Lipinski definition) is 2. The molecule has 1 aromatic rings. The molecule has 0 spiro atoms. The van der Waals surface area contributed by atoms with Gasteiger partial charge < -0.3 is 10.1 Å². The number of halogens is 2. The van der Waals surface area contributed by atoms with Gasteiger partial charge in [0.15, 0.2) is 5.82 Å². The van der Waals surface area contributed by atoms with Crippen LogP contribution < -0.4 is 9.24 Å². The Balaban J connectivity index is 1.83. The second-order valence-corrected chi connectivity index (χ2v) is 12.9. The molecule has 1 atom stereocenters. The molecule has 2 rings (SSSR count). The molecular formula is C11H20BrClN4OSi. The average molecular weight is 368 g/mol. The summed E-state index contributed by atoms with van der Waals surface area (Å²) in [5, 5.41) is 10.8. The average Bonchev–Trinajstić information content (AvgIpc) is 2.66. The summed E-state index contributed by atoms with van der Waals surface area (Å²) in [6, 6.07) is 1.40. The highest BCUT2D eigenvalue weighted by molar-refractivity contribution is 9.10. The Morgan fingerprint density at radius 3 is 2.95 bits per heavy atom. The van der Waals surface area contributed by atoms with Crippen molar-refractivity contribution < 1.29 is 4.74 Å². The molecule has 0 bridgehead atoms. The Bertz CT molecular complexity index is 437. The zero-order valence-electron chi connectivity index (χ0n) is 11.5. The van der Waals surface area contributed by atoms with E-state index in [0.29, 0.717) is 11.8 Å². The molecule has 2 heterocycles. The topological polar surface area (TPSA) is 53.2 Å². The number of anilines is 2. The van der Waals surface area contributed by atoms with Crippen LogP contribution in [0.15, 0.2) is 0 Å². The lowest BCUT2D eigenvalue weighted by atomic mass is 10.2. The van der Waals surface area contributed by atoms with E-state index in [4.69, 9.17) is 16.3 Å². The van der Waals surface area contributed by atoms with E-state index < -0.39 is 8.07 Å². The maximum absolute atomic E-state index is 6.05. The summed E-state index contributed by atoms with van der Waals surface area (Å²) in [4.78, 5) is 0. The fourth-order valence-corrected chi connectivity index (χ4v) is 3.39. The van der Waals surface area contributed by atoms with Gasteiger partial charge in [-0.05, 0) is 6.04 Å². The highest BCUT2D eigenvalue weighted by atomic mass is 79.9. The van der Waals surface area contributed by atoms with Crippen LogP contribution in [0.5, 0.6) is 0 Å². The zero-order valence-corrected chi connectivity index (χ0v) is 14.8. The van der Waals surface area contributed by atoms with Crippen LogP contribution in [0, 0.1) is 0 Å². The predicted octanol–water partition coefficient (Wildman–Crippen LogP) is 3.33. The smallest absolute Gasteiger partial charge is 0.185 e. The lowest BCUT2D eigenvalue weighted by molar-refractivity contribution is 0.138. The minimum atomic E-state index is -1.01. The third kappa shape index (κ3) is 4.11. The normalized spacial score (nSPS) is 19.2. The number of rotatable bonds is 5. The number of hydrogen-bond acceptors (Lipinski definition) is 4. The van der Waals surface area contributed by atoms with Crippen molar-refractivity contribution in [2.75, 3.05) is 29.0 Å². The zero-order chi connectivity index (χ0) is 14.0. The number of ether oxygens (including phenoxy) is 1. The van der Waals surface area contributed by atoms with Gasteiger partial charge in [0.05, 0.1) is 35.3 Å². The molecule has 8 heteroatoms. The van der Waals surface area contributed by atoms with Crippen molar-refractivity contribution in [2.45, 2.75) is 31.7 Å². The van der Waals surface area contributed by atoms with Gasteiger partial charge in [0.25, 0.3) is 0 Å². The Kier molecular flexibility index (Phi) is 4.81. The van der Waals surface area contributed by atoms with E-state index in [0.717, 1.165) is 24.7 Å². The SMILES string of the molecule is C[Si](C)(C)CCOCC1CN(Br)c2n[nH]c(Cl)c2N1. The van der Waals surface area contributed by atoms with Crippen molar-refractivity contribution in [2.24, 2.45) is 0 Å². The Morgan fingerprint density at radius 2 is 2.26 bits per heavy atom. The molecule has 1 aliphatic rings. The van der Waals surface area contributed by atoms with Crippen LogP contribution in [0.3, 0.4) is 0 Å². The van der Waals surface area contributed by atoms with Crippen molar-refractivity contribution in [3.63, 3.8) is 0 Å². The van der Waals surface area contributed by atoms with Gasteiger partial charge >= 0.3 is 0 Å². The molecular weight excluding hydrogens is 348 g/mol. The van der Waals surface area contributed by atoms with Crippen molar-refractivity contribution in [1.82, 2.24) is 10.2 Å². The second kappa shape index (κ2) is 6.03. The largest absolute Gasteiger partial charge is 0.380 e. The summed E-state index contributed by atoms with van der Waals surface area (Å²) >= 11 is 9.53. The molecule has 1 unspecified atom stereocenters. The van der Waals surface area contributed by atoms with Crippen molar-refractivity contribution in [3.8, 4) is 0 Å². The van der Waals surface area contributed by atoms with Crippen molar-refractivity contribution >= 4 is 47.3 Å². The van der Waals surface area contributed by atoms with Gasteiger partial charge in [-0.3, -0.25) is 9.02 Å². The molecule has 0 saturated heterocycles.